The van der Waals surface area contributed by atoms with Gasteiger partial charge in [0.25, 0.3) is 5.91 Å². The molecule has 0 saturated carbocycles. The summed E-state index contributed by atoms with van der Waals surface area (Å²) in [5.74, 6) is 2.34. The normalized spacial score (nSPS) is 14.3. The summed E-state index contributed by atoms with van der Waals surface area (Å²) >= 11 is 0. The molecule has 32 heavy (non-hydrogen) atoms. The number of carbonyl (C=O) groups is 1. The van der Waals surface area contributed by atoms with Crippen molar-refractivity contribution in [2.45, 2.75) is 25.9 Å². The molecule has 0 N–H and O–H groups in total. The number of likely N-dealkylation sites (tertiary alicyclic amines) is 1. The minimum absolute atomic E-state index is 0.0146. The van der Waals surface area contributed by atoms with Crippen LogP contribution in [0.25, 0.3) is 11.1 Å². The number of piperidine rings is 1. The minimum Gasteiger partial charge on any atom is -0.497 e. The number of benzene rings is 2. The number of aromatic nitrogens is 2. The Morgan fingerprint density at radius 2 is 1.78 bits per heavy atom. The topological polar surface area (TPSA) is 65.8 Å². The van der Waals surface area contributed by atoms with Crippen LogP contribution in [-0.2, 0) is 7.05 Å². The highest BCUT2D eigenvalue weighted by atomic mass is 16.5. The molecule has 3 aromatic rings. The predicted molar refractivity (Wildman–Crippen MR) is 122 cm³/mol. The largest absolute Gasteiger partial charge is 0.497 e. The molecule has 7 heteroatoms. The molecule has 0 bridgehead atoms. The number of nitrogens with zero attached hydrogens (tertiary/aromatic N) is 3. The van der Waals surface area contributed by atoms with E-state index in [1.54, 1.807) is 18.9 Å². The summed E-state index contributed by atoms with van der Waals surface area (Å²) in [7, 11) is 5.16. The number of ether oxygens (including phenoxy) is 3. The van der Waals surface area contributed by atoms with E-state index in [4.69, 9.17) is 14.2 Å². The molecule has 1 aromatic heterocycles. The Hall–Kier alpha value is -3.48. The van der Waals surface area contributed by atoms with Gasteiger partial charge in [-0.1, -0.05) is 12.1 Å². The Kier molecular flexibility index (Phi) is 6.35. The number of methoxy groups -OCH3 is 2. The number of rotatable bonds is 6. The molecule has 0 atom stereocenters. The van der Waals surface area contributed by atoms with E-state index in [1.807, 2.05) is 67.4 Å². The minimum atomic E-state index is -0.0146. The highest BCUT2D eigenvalue weighted by Crippen LogP contribution is 2.35. The Morgan fingerprint density at radius 3 is 2.44 bits per heavy atom. The van der Waals surface area contributed by atoms with Gasteiger partial charge in [0.15, 0.2) is 5.69 Å². The number of amides is 1. The smallest absolute Gasteiger partial charge is 0.274 e. The summed E-state index contributed by atoms with van der Waals surface area (Å²) in [5, 5.41) is 4.31. The van der Waals surface area contributed by atoms with Crippen LogP contribution in [0.5, 0.6) is 17.2 Å². The first-order valence-corrected chi connectivity index (χ1v) is 10.8. The molecule has 2 heterocycles. The van der Waals surface area contributed by atoms with Crippen molar-refractivity contribution in [3.05, 3.63) is 59.9 Å². The van der Waals surface area contributed by atoms with Crippen molar-refractivity contribution in [3.8, 4) is 28.4 Å². The fraction of sp³-hybridized carbons (Fsp3) is 0.360. The summed E-state index contributed by atoms with van der Waals surface area (Å²) < 4.78 is 18.9. The molecule has 168 valence electrons. The van der Waals surface area contributed by atoms with Gasteiger partial charge in [-0.2, -0.15) is 5.10 Å². The Labute approximate surface area is 188 Å². The molecule has 0 unspecified atom stereocenters. The second-order valence-electron chi connectivity index (χ2n) is 8.00. The molecular weight excluding hydrogens is 406 g/mol. The van der Waals surface area contributed by atoms with Gasteiger partial charge in [-0.3, -0.25) is 9.48 Å². The maximum absolute atomic E-state index is 12.7. The van der Waals surface area contributed by atoms with Crippen molar-refractivity contribution in [3.63, 3.8) is 0 Å². The third-order valence-electron chi connectivity index (χ3n) is 5.92. The second-order valence-corrected chi connectivity index (χ2v) is 8.00. The van der Waals surface area contributed by atoms with E-state index in [1.165, 1.54) is 0 Å². The van der Waals surface area contributed by atoms with Crippen LogP contribution in [-0.4, -0.2) is 54.0 Å². The highest BCUT2D eigenvalue weighted by molar-refractivity contribution is 5.92. The van der Waals surface area contributed by atoms with Gasteiger partial charge in [-0.25, -0.2) is 0 Å². The van der Waals surface area contributed by atoms with E-state index in [9.17, 15) is 4.79 Å². The molecule has 0 spiro atoms. The molecule has 1 amide bonds. The number of hydrogen-bond acceptors (Lipinski definition) is 5. The van der Waals surface area contributed by atoms with E-state index < -0.39 is 0 Å². The maximum atomic E-state index is 12.7. The first kappa shape index (κ1) is 21.7. The molecule has 1 aliphatic heterocycles. The third kappa shape index (κ3) is 4.56. The van der Waals surface area contributed by atoms with E-state index in [2.05, 4.69) is 5.10 Å². The van der Waals surface area contributed by atoms with Crippen LogP contribution in [0.15, 0.2) is 48.5 Å². The van der Waals surface area contributed by atoms with Gasteiger partial charge in [0, 0.05) is 44.2 Å². The van der Waals surface area contributed by atoms with Crippen LogP contribution >= 0.6 is 0 Å². The Morgan fingerprint density at radius 1 is 1.00 bits per heavy atom. The average molecular weight is 436 g/mol. The summed E-state index contributed by atoms with van der Waals surface area (Å²) in [6, 6.07) is 15.6. The van der Waals surface area contributed by atoms with Crippen molar-refractivity contribution in [2.75, 3.05) is 27.3 Å². The summed E-state index contributed by atoms with van der Waals surface area (Å²) in [6.45, 7) is 3.25. The molecular formula is C25H29N3O4. The van der Waals surface area contributed by atoms with Gasteiger partial charge in [-0.15, -0.1) is 0 Å². The number of aryl methyl sites for hydroxylation is 2. The molecule has 7 nitrogen and oxygen atoms in total. The first-order valence-electron chi connectivity index (χ1n) is 10.8. The maximum Gasteiger partial charge on any atom is 0.274 e. The lowest BCUT2D eigenvalue weighted by molar-refractivity contribution is 0.0589. The molecule has 0 radical (unpaired) electrons. The zero-order valence-electron chi connectivity index (χ0n) is 19.0. The molecule has 1 saturated heterocycles. The average Bonchev–Trinajstić information content (AvgIpc) is 3.17. The van der Waals surface area contributed by atoms with Crippen molar-refractivity contribution in [2.24, 2.45) is 7.05 Å². The number of hydrogen-bond donors (Lipinski definition) is 0. The first-order chi connectivity index (χ1) is 15.5. The summed E-state index contributed by atoms with van der Waals surface area (Å²) in [5.41, 5.74) is 3.42. The predicted octanol–water partition coefficient (Wildman–Crippen LogP) is 4.10. The van der Waals surface area contributed by atoms with Crippen LogP contribution < -0.4 is 14.2 Å². The third-order valence-corrected chi connectivity index (χ3v) is 5.92. The standard InChI is InChI=1S/C25H29N3O4/c1-17-14-23(26-27(17)2)25(29)28-12-10-19(11-13-28)32-21-7-5-6-18(15-21)22-16-20(30-3)8-9-24(22)31-4/h5-9,14-16,19H,10-13H2,1-4H3. The fourth-order valence-corrected chi connectivity index (χ4v) is 3.97. The van der Waals surface area contributed by atoms with Gasteiger partial charge in [0.05, 0.1) is 14.2 Å². The van der Waals surface area contributed by atoms with Gasteiger partial charge >= 0.3 is 0 Å². The molecule has 4 rings (SSSR count). The van der Waals surface area contributed by atoms with E-state index in [0.717, 1.165) is 46.9 Å². The molecule has 1 aliphatic rings. The zero-order chi connectivity index (χ0) is 22.7. The fourth-order valence-electron chi connectivity index (χ4n) is 3.97. The van der Waals surface area contributed by atoms with E-state index in [-0.39, 0.29) is 12.0 Å². The van der Waals surface area contributed by atoms with Gasteiger partial charge in [-0.05, 0) is 48.9 Å². The van der Waals surface area contributed by atoms with Crippen molar-refractivity contribution < 1.29 is 19.0 Å². The number of carbonyl (C=O) groups excluding carboxylic acids is 1. The lowest BCUT2D eigenvalue weighted by Gasteiger charge is -2.31. The summed E-state index contributed by atoms with van der Waals surface area (Å²) in [6.07, 6.45) is 1.63. The molecule has 2 aromatic carbocycles. The lowest BCUT2D eigenvalue weighted by atomic mass is 10.0. The molecule has 1 fully saturated rings. The van der Waals surface area contributed by atoms with E-state index >= 15 is 0 Å². The quantitative estimate of drug-likeness (QED) is 0.583. The monoisotopic (exact) mass is 435 g/mol. The Bertz CT molecular complexity index is 1080. The van der Waals surface area contributed by atoms with Gasteiger partial charge < -0.3 is 19.1 Å². The second kappa shape index (κ2) is 9.34. The van der Waals surface area contributed by atoms with Crippen molar-refractivity contribution in [1.82, 2.24) is 14.7 Å². The Balaban J connectivity index is 1.42. The van der Waals surface area contributed by atoms with Crippen LogP contribution in [0, 0.1) is 6.92 Å². The van der Waals surface area contributed by atoms with Crippen LogP contribution in [0.2, 0.25) is 0 Å². The summed E-state index contributed by atoms with van der Waals surface area (Å²) in [4.78, 5) is 14.6. The zero-order valence-corrected chi connectivity index (χ0v) is 19.0. The van der Waals surface area contributed by atoms with Crippen LogP contribution in [0.3, 0.4) is 0 Å². The van der Waals surface area contributed by atoms with Crippen LogP contribution in [0.4, 0.5) is 0 Å². The van der Waals surface area contributed by atoms with Gasteiger partial charge in [0.1, 0.15) is 23.4 Å². The SMILES string of the molecule is COc1ccc(OC)c(-c2cccc(OC3CCN(C(=O)c4cc(C)n(C)n4)CC3)c2)c1. The highest BCUT2D eigenvalue weighted by Gasteiger charge is 2.26. The van der Waals surface area contributed by atoms with E-state index in [0.29, 0.717) is 18.8 Å². The van der Waals surface area contributed by atoms with Crippen molar-refractivity contribution in [1.29, 1.82) is 0 Å². The van der Waals surface area contributed by atoms with Crippen molar-refractivity contribution >= 4 is 5.91 Å². The lowest BCUT2D eigenvalue weighted by Crippen LogP contribution is -2.42. The van der Waals surface area contributed by atoms with Gasteiger partial charge in [0.2, 0.25) is 0 Å². The molecule has 0 aliphatic carbocycles. The van der Waals surface area contributed by atoms with Crippen LogP contribution in [0.1, 0.15) is 29.0 Å².